The molecule has 1 unspecified atom stereocenters. The molecule has 4 aromatic rings. The smallest absolute Gasteiger partial charge is 0.274 e. The van der Waals surface area contributed by atoms with Crippen molar-refractivity contribution in [2.45, 2.75) is 11.8 Å². The van der Waals surface area contributed by atoms with Crippen molar-refractivity contribution in [1.29, 1.82) is 0 Å². The number of rotatable bonds is 4. The highest BCUT2D eigenvalue weighted by Crippen LogP contribution is 2.49. The molecule has 40 heavy (non-hydrogen) atoms. The number of nitrogens with zero attached hydrogens (tertiary/aromatic N) is 4. The van der Waals surface area contributed by atoms with Crippen LogP contribution in [0.2, 0.25) is 0 Å². The first-order valence-corrected chi connectivity index (χ1v) is 15.1. The standard InChI is InChI=1S/C29H30FN5O4S/c1-32-10-12-34(13-11-32)29(37)27-22-15-31-26-25(22)23(16-33(2)28(26)36)21-14-18(17-40(3,38)39)4-9-24(21)35(27)20-7-5-19(30)6-8-20/h4-9,14-16,27,31H,10-13,17H2,1-3H3. The monoisotopic (exact) mass is 563 g/mol. The molecule has 2 aliphatic heterocycles. The van der Waals surface area contributed by atoms with Crippen LogP contribution in [0.25, 0.3) is 22.0 Å². The Hall–Kier alpha value is -3.96. The predicted octanol–water partition coefficient (Wildman–Crippen LogP) is 3.18. The summed E-state index contributed by atoms with van der Waals surface area (Å²) in [4.78, 5) is 36.7. The molecule has 0 spiro atoms. The number of carbonyl (C=O) groups is 1. The average molecular weight is 564 g/mol. The molecule has 1 N–H and O–H groups in total. The van der Waals surface area contributed by atoms with Crippen molar-refractivity contribution in [3.63, 3.8) is 0 Å². The van der Waals surface area contributed by atoms with Crippen molar-refractivity contribution in [2.75, 3.05) is 44.4 Å². The largest absolute Gasteiger partial charge is 0.356 e. The van der Waals surface area contributed by atoms with E-state index in [1.54, 1.807) is 37.6 Å². The third-order valence-corrected chi connectivity index (χ3v) is 8.64. The molecule has 2 aromatic heterocycles. The number of aromatic amines is 1. The molecule has 1 saturated heterocycles. The van der Waals surface area contributed by atoms with Gasteiger partial charge in [-0.15, -0.1) is 0 Å². The second kappa shape index (κ2) is 9.60. The van der Waals surface area contributed by atoms with Crippen molar-refractivity contribution < 1.29 is 17.6 Å². The Balaban J connectivity index is 1.67. The highest BCUT2D eigenvalue weighted by atomic mass is 32.2. The summed E-state index contributed by atoms with van der Waals surface area (Å²) in [6.45, 7) is 2.58. The Morgan fingerprint density at radius 3 is 2.40 bits per heavy atom. The molecule has 2 aromatic carbocycles. The van der Waals surface area contributed by atoms with E-state index in [4.69, 9.17) is 0 Å². The molecular weight excluding hydrogens is 533 g/mol. The number of pyridine rings is 1. The second-order valence-electron chi connectivity index (χ2n) is 10.8. The highest BCUT2D eigenvalue weighted by molar-refractivity contribution is 7.89. The van der Waals surface area contributed by atoms with Gasteiger partial charge < -0.3 is 24.3 Å². The number of aromatic nitrogens is 2. The molecule has 11 heteroatoms. The van der Waals surface area contributed by atoms with Crippen LogP contribution >= 0.6 is 0 Å². The zero-order chi connectivity index (χ0) is 28.3. The Labute approximate surface area is 231 Å². The SMILES string of the molecule is CN1CCN(C(=O)C2c3c[nH]c4c(=O)n(C)cc(c34)-c3cc(CS(C)(=O)=O)ccc3N2c2ccc(F)cc2)CC1. The number of sulfone groups is 1. The number of hydrogen-bond donors (Lipinski definition) is 1. The molecule has 1 atom stereocenters. The minimum absolute atomic E-state index is 0.127. The van der Waals surface area contributed by atoms with Gasteiger partial charge in [0.25, 0.3) is 5.56 Å². The van der Waals surface area contributed by atoms with Gasteiger partial charge in [0, 0.05) is 79.6 Å². The van der Waals surface area contributed by atoms with E-state index in [2.05, 4.69) is 9.88 Å². The third kappa shape index (κ3) is 4.48. The number of hydrogen-bond acceptors (Lipinski definition) is 6. The van der Waals surface area contributed by atoms with Crippen molar-refractivity contribution in [3.05, 3.63) is 82.2 Å². The number of benzene rings is 2. The fourth-order valence-corrected chi connectivity index (χ4v) is 6.61. The van der Waals surface area contributed by atoms with E-state index in [-0.39, 0.29) is 17.2 Å². The molecule has 2 aliphatic rings. The van der Waals surface area contributed by atoms with Gasteiger partial charge >= 0.3 is 0 Å². The van der Waals surface area contributed by atoms with Gasteiger partial charge in [-0.25, -0.2) is 12.8 Å². The molecule has 1 amide bonds. The Morgan fingerprint density at radius 1 is 1.02 bits per heavy atom. The maximum Gasteiger partial charge on any atom is 0.274 e. The number of nitrogens with one attached hydrogen (secondary N) is 1. The van der Waals surface area contributed by atoms with Crippen molar-refractivity contribution in [1.82, 2.24) is 19.4 Å². The van der Waals surface area contributed by atoms with Crippen LogP contribution < -0.4 is 10.5 Å². The summed E-state index contributed by atoms with van der Waals surface area (Å²) in [7, 11) is 0.355. The first-order valence-electron chi connectivity index (χ1n) is 13.1. The van der Waals surface area contributed by atoms with Crippen LogP contribution in [0.3, 0.4) is 0 Å². The van der Waals surface area contributed by atoms with Crippen LogP contribution in [0, 0.1) is 5.82 Å². The Morgan fingerprint density at radius 2 is 1.73 bits per heavy atom. The summed E-state index contributed by atoms with van der Waals surface area (Å²) >= 11 is 0. The van der Waals surface area contributed by atoms with Gasteiger partial charge in [-0.05, 0) is 49.0 Å². The molecular formula is C29H30FN5O4S. The lowest BCUT2D eigenvalue weighted by molar-refractivity contribution is -0.134. The van der Waals surface area contributed by atoms with Crippen LogP contribution in [0.4, 0.5) is 15.8 Å². The van der Waals surface area contributed by atoms with E-state index >= 15 is 0 Å². The number of anilines is 2. The maximum absolute atomic E-state index is 14.4. The number of halogens is 1. The Kier molecular flexibility index (Phi) is 6.30. The molecule has 9 nitrogen and oxygen atoms in total. The topological polar surface area (TPSA) is 98.7 Å². The zero-order valence-electron chi connectivity index (χ0n) is 22.5. The molecule has 0 bridgehead atoms. The molecule has 0 saturated carbocycles. The quantitative estimate of drug-likeness (QED) is 0.410. The van der Waals surface area contributed by atoms with Gasteiger partial charge in [-0.1, -0.05) is 6.07 Å². The lowest BCUT2D eigenvalue weighted by Crippen LogP contribution is -2.50. The van der Waals surface area contributed by atoms with Crippen LogP contribution in [0.1, 0.15) is 17.2 Å². The number of H-pyrrole nitrogens is 1. The minimum Gasteiger partial charge on any atom is -0.356 e. The number of aryl methyl sites for hydroxylation is 1. The molecule has 1 fully saturated rings. The molecule has 0 aliphatic carbocycles. The van der Waals surface area contributed by atoms with E-state index in [0.29, 0.717) is 57.6 Å². The number of piperazine rings is 1. The summed E-state index contributed by atoms with van der Waals surface area (Å²) in [6.07, 6.45) is 4.63. The first kappa shape index (κ1) is 26.3. The third-order valence-electron chi connectivity index (χ3n) is 7.78. The lowest BCUT2D eigenvalue weighted by atomic mass is 9.98. The molecule has 208 valence electrons. The Bertz CT molecular complexity index is 1800. The normalized spacial score (nSPS) is 17.6. The highest BCUT2D eigenvalue weighted by Gasteiger charge is 2.39. The molecule has 4 heterocycles. The van der Waals surface area contributed by atoms with Crippen LogP contribution in [-0.4, -0.2) is 73.2 Å². The summed E-state index contributed by atoms with van der Waals surface area (Å²) < 4.78 is 39.9. The van der Waals surface area contributed by atoms with E-state index in [9.17, 15) is 22.4 Å². The number of likely N-dealkylation sites (N-methyl/N-ethyl adjacent to an activating group) is 1. The molecule has 6 rings (SSSR count). The number of amides is 1. The number of fused-ring (bicyclic) bond motifs is 2. The van der Waals surface area contributed by atoms with E-state index in [1.165, 1.54) is 23.0 Å². The van der Waals surface area contributed by atoms with Crippen molar-refractivity contribution >= 4 is 38.0 Å². The average Bonchev–Trinajstić information content (AvgIpc) is 3.30. The fraction of sp³-hybridized carbons (Fsp3) is 0.310. The first-order chi connectivity index (χ1) is 19.0. The van der Waals surface area contributed by atoms with Crippen molar-refractivity contribution in [2.24, 2.45) is 7.05 Å². The predicted molar refractivity (Wildman–Crippen MR) is 153 cm³/mol. The second-order valence-corrected chi connectivity index (χ2v) is 12.9. The van der Waals surface area contributed by atoms with E-state index < -0.39 is 21.7 Å². The van der Waals surface area contributed by atoms with Gasteiger partial charge in [0.05, 0.1) is 11.4 Å². The fourth-order valence-electron chi connectivity index (χ4n) is 5.82. The van der Waals surface area contributed by atoms with Crippen LogP contribution in [-0.2, 0) is 27.4 Å². The number of carbonyl (C=O) groups excluding carboxylic acids is 1. The van der Waals surface area contributed by atoms with Gasteiger partial charge in [-0.2, -0.15) is 0 Å². The summed E-state index contributed by atoms with van der Waals surface area (Å²) in [5.41, 5.74) is 4.00. The van der Waals surface area contributed by atoms with Crippen LogP contribution in [0.15, 0.2) is 59.7 Å². The van der Waals surface area contributed by atoms with E-state index in [0.717, 1.165) is 13.1 Å². The zero-order valence-corrected chi connectivity index (χ0v) is 23.3. The summed E-state index contributed by atoms with van der Waals surface area (Å²) in [6, 6.07) is 10.5. The van der Waals surface area contributed by atoms with Gasteiger partial charge in [0.15, 0.2) is 9.84 Å². The van der Waals surface area contributed by atoms with E-state index in [1.807, 2.05) is 29.0 Å². The van der Waals surface area contributed by atoms with Gasteiger partial charge in [0.2, 0.25) is 5.91 Å². The van der Waals surface area contributed by atoms with Crippen LogP contribution in [0.5, 0.6) is 0 Å². The minimum atomic E-state index is -3.32. The maximum atomic E-state index is 14.4. The summed E-state index contributed by atoms with van der Waals surface area (Å²) in [5.74, 6) is -0.687. The van der Waals surface area contributed by atoms with Gasteiger partial charge in [-0.3, -0.25) is 9.59 Å². The van der Waals surface area contributed by atoms with Crippen molar-refractivity contribution in [3.8, 4) is 11.1 Å². The summed E-state index contributed by atoms with van der Waals surface area (Å²) in [5, 5.41) is 0.623. The lowest BCUT2D eigenvalue weighted by Gasteiger charge is -2.39. The molecule has 0 radical (unpaired) electrons. The van der Waals surface area contributed by atoms with Gasteiger partial charge in [0.1, 0.15) is 17.4 Å².